The highest BCUT2D eigenvalue weighted by atomic mass is 16.5. The third-order valence-corrected chi connectivity index (χ3v) is 3.21. The molecular formula is C14H17NO4. The molecule has 0 aliphatic carbocycles. The van der Waals surface area contributed by atoms with Crippen molar-refractivity contribution < 1.29 is 19.1 Å². The zero-order valence-electron chi connectivity index (χ0n) is 11.1. The molecule has 0 unspecified atom stereocenters. The molecule has 0 aromatic heterocycles. The Morgan fingerprint density at radius 3 is 2.63 bits per heavy atom. The Kier molecular flexibility index (Phi) is 4.04. The first kappa shape index (κ1) is 13.4. The van der Waals surface area contributed by atoms with E-state index in [9.17, 15) is 9.59 Å². The van der Waals surface area contributed by atoms with E-state index in [1.807, 2.05) is 18.2 Å². The molecular weight excluding hydrogens is 246 g/mol. The molecule has 5 nitrogen and oxygen atoms in total. The minimum atomic E-state index is -0.124. The summed E-state index contributed by atoms with van der Waals surface area (Å²) in [6.45, 7) is 0.907. The van der Waals surface area contributed by atoms with E-state index in [2.05, 4.69) is 0 Å². The summed E-state index contributed by atoms with van der Waals surface area (Å²) in [5, 5.41) is 0. The van der Waals surface area contributed by atoms with Crippen molar-refractivity contribution in [1.82, 2.24) is 4.90 Å². The number of carbonyl (C=O) groups excluding carboxylic acids is 2. The van der Waals surface area contributed by atoms with Gasteiger partial charge in [-0.3, -0.25) is 9.59 Å². The molecule has 0 N–H and O–H groups in total. The second kappa shape index (κ2) is 5.73. The number of ketones is 1. The van der Waals surface area contributed by atoms with Crippen molar-refractivity contribution >= 4 is 11.7 Å². The van der Waals surface area contributed by atoms with Gasteiger partial charge >= 0.3 is 0 Å². The molecule has 0 saturated carbocycles. The van der Waals surface area contributed by atoms with Crippen LogP contribution in [-0.2, 0) is 16.1 Å². The summed E-state index contributed by atoms with van der Waals surface area (Å²) in [5.74, 6) is 1.16. The van der Waals surface area contributed by atoms with Gasteiger partial charge in [-0.05, 0) is 6.07 Å². The zero-order chi connectivity index (χ0) is 13.8. The predicted octanol–water partition coefficient (Wildman–Crippen LogP) is 1.40. The molecule has 1 saturated heterocycles. The first-order valence-corrected chi connectivity index (χ1v) is 6.15. The van der Waals surface area contributed by atoms with E-state index in [4.69, 9.17) is 9.47 Å². The van der Waals surface area contributed by atoms with Crippen molar-refractivity contribution in [3.63, 3.8) is 0 Å². The van der Waals surface area contributed by atoms with Gasteiger partial charge in [-0.2, -0.15) is 0 Å². The number of rotatable bonds is 4. The molecule has 2 rings (SSSR count). The van der Waals surface area contributed by atoms with Crippen molar-refractivity contribution in [2.45, 2.75) is 19.4 Å². The lowest BCUT2D eigenvalue weighted by Gasteiger charge is -2.27. The van der Waals surface area contributed by atoms with Gasteiger partial charge in [0.05, 0.1) is 20.6 Å². The van der Waals surface area contributed by atoms with Crippen molar-refractivity contribution in [2.24, 2.45) is 0 Å². The number of ether oxygens (including phenoxy) is 2. The van der Waals surface area contributed by atoms with Crippen LogP contribution in [0, 0.1) is 0 Å². The Hall–Kier alpha value is -2.04. The Labute approximate surface area is 112 Å². The molecule has 5 heteroatoms. The number of hydrogen-bond donors (Lipinski definition) is 0. The number of nitrogens with zero attached hydrogens (tertiary/aromatic N) is 1. The third-order valence-electron chi connectivity index (χ3n) is 3.21. The minimum absolute atomic E-state index is 0.00623. The summed E-state index contributed by atoms with van der Waals surface area (Å²) in [6, 6.07) is 5.56. The van der Waals surface area contributed by atoms with Gasteiger partial charge in [0.15, 0.2) is 11.5 Å². The van der Waals surface area contributed by atoms with Gasteiger partial charge in [0, 0.05) is 25.1 Å². The van der Waals surface area contributed by atoms with E-state index in [1.54, 1.807) is 19.1 Å². The van der Waals surface area contributed by atoms with Crippen LogP contribution in [0.15, 0.2) is 18.2 Å². The summed E-state index contributed by atoms with van der Waals surface area (Å²) in [4.78, 5) is 24.7. The van der Waals surface area contributed by atoms with E-state index in [0.717, 1.165) is 5.56 Å². The fraction of sp³-hybridized carbons (Fsp3) is 0.429. The lowest BCUT2D eigenvalue weighted by molar-refractivity contribution is -0.139. The molecule has 1 aliphatic rings. The van der Waals surface area contributed by atoms with Gasteiger partial charge < -0.3 is 14.4 Å². The molecule has 0 spiro atoms. The maximum atomic E-state index is 11.8. The molecule has 0 bridgehead atoms. The summed E-state index contributed by atoms with van der Waals surface area (Å²) < 4.78 is 10.6. The van der Waals surface area contributed by atoms with Crippen LogP contribution in [-0.4, -0.2) is 37.4 Å². The van der Waals surface area contributed by atoms with E-state index < -0.39 is 0 Å². The molecule has 0 atom stereocenters. The van der Waals surface area contributed by atoms with Crippen LogP contribution in [0.25, 0.3) is 0 Å². The maximum Gasteiger partial charge on any atom is 0.230 e. The van der Waals surface area contributed by atoms with E-state index in [-0.39, 0.29) is 18.1 Å². The van der Waals surface area contributed by atoms with Gasteiger partial charge in [0.1, 0.15) is 5.78 Å². The molecule has 1 aliphatic heterocycles. The quantitative estimate of drug-likeness (QED) is 0.770. The Morgan fingerprint density at radius 2 is 2.00 bits per heavy atom. The van der Waals surface area contributed by atoms with Gasteiger partial charge in [0.2, 0.25) is 5.91 Å². The number of hydrogen-bond acceptors (Lipinski definition) is 4. The molecule has 1 heterocycles. The second-order valence-electron chi connectivity index (χ2n) is 4.43. The van der Waals surface area contributed by atoms with E-state index in [1.165, 1.54) is 0 Å². The topological polar surface area (TPSA) is 55.8 Å². The van der Waals surface area contributed by atoms with Crippen LogP contribution in [0.1, 0.15) is 18.4 Å². The maximum absolute atomic E-state index is 11.8. The molecule has 1 aromatic rings. The van der Waals surface area contributed by atoms with Gasteiger partial charge in [-0.25, -0.2) is 0 Å². The molecule has 1 amide bonds. The summed E-state index contributed by atoms with van der Waals surface area (Å²) >= 11 is 0. The first-order chi connectivity index (χ1) is 9.15. The first-order valence-electron chi connectivity index (χ1n) is 6.15. The molecule has 0 radical (unpaired) electrons. The summed E-state index contributed by atoms with van der Waals surface area (Å²) in [6.07, 6.45) is 0.435. The standard InChI is InChI=1S/C14H17NO4/c1-18-12-5-3-4-10(14(12)19-2)9-15-7-6-11(16)8-13(15)17/h3-5H,6-9H2,1-2H3. The zero-order valence-corrected chi connectivity index (χ0v) is 11.1. The predicted molar refractivity (Wildman–Crippen MR) is 69.2 cm³/mol. The Bertz CT molecular complexity index is 498. The van der Waals surface area contributed by atoms with Crippen LogP contribution in [0.3, 0.4) is 0 Å². The third kappa shape index (κ3) is 2.86. The monoisotopic (exact) mass is 263 g/mol. The summed E-state index contributed by atoms with van der Waals surface area (Å²) in [5.41, 5.74) is 0.879. The average Bonchev–Trinajstić information content (AvgIpc) is 2.41. The Balaban J connectivity index is 2.19. The number of benzene rings is 1. The highest BCUT2D eigenvalue weighted by molar-refractivity contribution is 6.00. The highest BCUT2D eigenvalue weighted by Crippen LogP contribution is 2.31. The Morgan fingerprint density at radius 1 is 1.21 bits per heavy atom. The number of amides is 1. The summed E-state index contributed by atoms with van der Waals surface area (Å²) in [7, 11) is 3.15. The van der Waals surface area contributed by atoms with E-state index in [0.29, 0.717) is 31.0 Å². The van der Waals surface area contributed by atoms with Crippen LogP contribution in [0.2, 0.25) is 0 Å². The molecule has 1 fully saturated rings. The van der Waals surface area contributed by atoms with E-state index >= 15 is 0 Å². The minimum Gasteiger partial charge on any atom is -0.493 e. The fourth-order valence-electron chi connectivity index (χ4n) is 2.20. The van der Waals surface area contributed by atoms with Gasteiger partial charge in [-0.15, -0.1) is 0 Å². The fourth-order valence-corrected chi connectivity index (χ4v) is 2.20. The second-order valence-corrected chi connectivity index (χ2v) is 4.43. The van der Waals surface area contributed by atoms with Crippen molar-refractivity contribution in [1.29, 1.82) is 0 Å². The molecule has 1 aromatic carbocycles. The lowest BCUT2D eigenvalue weighted by atomic mass is 10.1. The van der Waals surface area contributed by atoms with Crippen LogP contribution >= 0.6 is 0 Å². The average molecular weight is 263 g/mol. The van der Waals surface area contributed by atoms with Crippen molar-refractivity contribution in [3.05, 3.63) is 23.8 Å². The van der Waals surface area contributed by atoms with Gasteiger partial charge in [-0.1, -0.05) is 12.1 Å². The number of likely N-dealkylation sites (tertiary alicyclic amines) is 1. The number of piperidine rings is 1. The van der Waals surface area contributed by atoms with Crippen molar-refractivity contribution in [3.8, 4) is 11.5 Å². The highest BCUT2D eigenvalue weighted by Gasteiger charge is 2.24. The molecule has 19 heavy (non-hydrogen) atoms. The lowest BCUT2D eigenvalue weighted by Crippen LogP contribution is -2.38. The number of Topliss-reactive ketones (excluding diaryl/α,β-unsaturated/α-hetero) is 1. The number of carbonyl (C=O) groups is 2. The van der Waals surface area contributed by atoms with Crippen LogP contribution < -0.4 is 9.47 Å². The largest absolute Gasteiger partial charge is 0.493 e. The smallest absolute Gasteiger partial charge is 0.230 e. The van der Waals surface area contributed by atoms with Crippen LogP contribution in [0.4, 0.5) is 0 Å². The van der Waals surface area contributed by atoms with Crippen LogP contribution in [0.5, 0.6) is 11.5 Å². The normalized spacial score (nSPS) is 15.6. The SMILES string of the molecule is COc1cccc(CN2CCC(=O)CC2=O)c1OC. The number of para-hydroxylation sites is 1. The number of methoxy groups -OCH3 is 2. The van der Waals surface area contributed by atoms with Gasteiger partial charge in [0.25, 0.3) is 0 Å². The molecule has 102 valence electrons. The van der Waals surface area contributed by atoms with Crippen molar-refractivity contribution in [2.75, 3.05) is 20.8 Å².